The Bertz CT molecular complexity index is 487. The zero-order valence-electron chi connectivity index (χ0n) is 12.8. The van der Waals surface area contributed by atoms with Gasteiger partial charge in [-0.05, 0) is 31.0 Å². The molecule has 1 amide bonds. The summed E-state index contributed by atoms with van der Waals surface area (Å²) in [5.41, 5.74) is 1.49. The molecule has 0 heterocycles. The van der Waals surface area contributed by atoms with Gasteiger partial charge in [0.2, 0.25) is 0 Å². The number of hydrogen-bond donors (Lipinski definition) is 1. The van der Waals surface area contributed by atoms with Crippen molar-refractivity contribution >= 4 is 11.9 Å². The SMILES string of the molecule is CC[C@@H](C)N(CCC(=O)O)C(=O)c1cccc(COC)c1. The molecule has 0 aliphatic heterocycles. The van der Waals surface area contributed by atoms with E-state index in [0.29, 0.717) is 12.2 Å². The fraction of sp³-hybridized carbons (Fsp3) is 0.500. The van der Waals surface area contributed by atoms with E-state index in [9.17, 15) is 9.59 Å². The minimum Gasteiger partial charge on any atom is -0.481 e. The Balaban J connectivity index is 2.93. The molecule has 0 bridgehead atoms. The molecule has 21 heavy (non-hydrogen) atoms. The maximum Gasteiger partial charge on any atom is 0.305 e. The van der Waals surface area contributed by atoms with Crippen molar-refractivity contribution in [3.63, 3.8) is 0 Å². The second kappa shape index (κ2) is 8.42. The molecule has 116 valence electrons. The number of amides is 1. The number of hydrogen-bond acceptors (Lipinski definition) is 3. The van der Waals surface area contributed by atoms with Crippen molar-refractivity contribution in [2.75, 3.05) is 13.7 Å². The van der Waals surface area contributed by atoms with Crippen LogP contribution in [0.5, 0.6) is 0 Å². The Morgan fingerprint density at radius 3 is 2.67 bits per heavy atom. The number of carbonyl (C=O) groups is 2. The van der Waals surface area contributed by atoms with Gasteiger partial charge in [-0.15, -0.1) is 0 Å². The van der Waals surface area contributed by atoms with Crippen LogP contribution in [-0.2, 0) is 16.1 Å². The highest BCUT2D eigenvalue weighted by Gasteiger charge is 2.21. The van der Waals surface area contributed by atoms with Crippen molar-refractivity contribution in [3.8, 4) is 0 Å². The number of ether oxygens (including phenoxy) is 1. The lowest BCUT2D eigenvalue weighted by molar-refractivity contribution is -0.137. The standard InChI is InChI=1S/C16H23NO4/c1-4-12(2)17(9-8-15(18)19)16(20)14-7-5-6-13(10-14)11-21-3/h5-7,10,12H,4,8-9,11H2,1-3H3,(H,18,19)/t12-/m1/s1. The van der Waals surface area contributed by atoms with Crippen molar-refractivity contribution < 1.29 is 19.4 Å². The van der Waals surface area contributed by atoms with Crippen molar-refractivity contribution in [2.24, 2.45) is 0 Å². The predicted molar refractivity (Wildman–Crippen MR) is 80.2 cm³/mol. The van der Waals surface area contributed by atoms with Gasteiger partial charge in [0.25, 0.3) is 5.91 Å². The van der Waals surface area contributed by atoms with Crippen LogP contribution in [0, 0.1) is 0 Å². The summed E-state index contributed by atoms with van der Waals surface area (Å²) >= 11 is 0. The summed E-state index contributed by atoms with van der Waals surface area (Å²) in [5.74, 6) is -1.03. The molecule has 1 rings (SSSR count). The Labute approximate surface area is 125 Å². The summed E-state index contributed by atoms with van der Waals surface area (Å²) in [6, 6.07) is 7.25. The fourth-order valence-electron chi connectivity index (χ4n) is 2.09. The summed E-state index contributed by atoms with van der Waals surface area (Å²) in [4.78, 5) is 25.0. The number of carboxylic acids is 1. The van der Waals surface area contributed by atoms with E-state index in [1.54, 1.807) is 24.1 Å². The van der Waals surface area contributed by atoms with Crippen LogP contribution >= 0.6 is 0 Å². The van der Waals surface area contributed by atoms with E-state index in [-0.39, 0.29) is 24.9 Å². The normalized spacial score (nSPS) is 12.0. The molecule has 1 atom stereocenters. The van der Waals surface area contributed by atoms with Gasteiger partial charge in [0.15, 0.2) is 0 Å². The molecular formula is C16H23NO4. The van der Waals surface area contributed by atoms with Crippen LogP contribution in [0.4, 0.5) is 0 Å². The van der Waals surface area contributed by atoms with Gasteiger partial charge in [0, 0.05) is 25.3 Å². The minimum absolute atomic E-state index is 0.00271. The number of carbonyl (C=O) groups excluding carboxylic acids is 1. The molecule has 0 aliphatic carbocycles. The van der Waals surface area contributed by atoms with Crippen LogP contribution in [-0.4, -0.2) is 41.6 Å². The summed E-state index contributed by atoms with van der Waals surface area (Å²) in [6.45, 7) is 4.57. The van der Waals surface area contributed by atoms with Crippen molar-refractivity contribution in [2.45, 2.75) is 39.3 Å². The molecular weight excluding hydrogens is 270 g/mol. The Kier molecular flexibility index (Phi) is 6.88. The van der Waals surface area contributed by atoms with Gasteiger partial charge >= 0.3 is 5.97 Å². The van der Waals surface area contributed by atoms with Gasteiger partial charge in [-0.2, -0.15) is 0 Å². The molecule has 0 aliphatic rings. The number of nitrogens with zero attached hydrogens (tertiary/aromatic N) is 1. The third kappa shape index (κ3) is 5.19. The molecule has 1 N–H and O–H groups in total. The molecule has 0 radical (unpaired) electrons. The lowest BCUT2D eigenvalue weighted by atomic mass is 10.1. The van der Waals surface area contributed by atoms with E-state index in [4.69, 9.17) is 9.84 Å². The Hall–Kier alpha value is -1.88. The van der Waals surface area contributed by atoms with E-state index in [1.165, 1.54) is 0 Å². The first-order chi connectivity index (χ1) is 9.99. The van der Waals surface area contributed by atoms with Gasteiger partial charge in [-0.3, -0.25) is 9.59 Å². The third-order valence-electron chi connectivity index (χ3n) is 3.44. The van der Waals surface area contributed by atoms with Crippen LogP contribution < -0.4 is 0 Å². The molecule has 0 saturated carbocycles. The summed E-state index contributed by atoms with van der Waals surface area (Å²) in [7, 11) is 1.60. The first kappa shape index (κ1) is 17.2. The van der Waals surface area contributed by atoms with E-state index >= 15 is 0 Å². The number of aliphatic carboxylic acids is 1. The van der Waals surface area contributed by atoms with E-state index in [1.807, 2.05) is 26.0 Å². The van der Waals surface area contributed by atoms with Gasteiger partial charge in [0.05, 0.1) is 13.0 Å². The fourth-order valence-corrected chi connectivity index (χ4v) is 2.09. The zero-order valence-corrected chi connectivity index (χ0v) is 12.8. The van der Waals surface area contributed by atoms with Crippen LogP contribution in [0.3, 0.4) is 0 Å². The molecule has 1 aromatic carbocycles. The predicted octanol–water partition coefficient (Wildman–Crippen LogP) is 2.55. The number of benzene rings is 1. The van der Waals surface area contributed by atoms with Crippen LogP contribution in [0.2, 0.25) is 0 Å². The molecule has 0 fully saturated rings. The number of rotatable bonds is 8. The average Bonchev–Trinajstić information content (AvgIpc) is 2.47. The van der Waals surface area contributed by atoms with Gasteiger partial charge in [-0.25, -0.2) is 0 Å². The number of carboxylic acid groups (broad SMARTS) is 1. The highest BCUT2D eigenvalue weighted by molar-refractivity contribution is 5.94. The summed E-state index contributed by atoms with van der Waals surface area (Å²) in [6.07, 6.45) is 0.733. The number of methoxy groups -OCH3 is 1. The average molecular weight is 293 g/mol. The van der Waals surface area contributed by atoms with E-state index < -0.39 is 5.97 Å². The largest absolute Gasteiger partial charge is 0.481 e. The van der Waals surface area contributed by atoms with Gasteiger partial charge in [-0.1, -0.05) is 19.1 Å². The topological polar surface area (TPSA) is 66.8 Å². The maximum atomic E-state index is 12.6. The second-order valence-electron chi connectivity index (χ2n) is 5.03. The van der Waals surface area contributed by atoms with Crippen molar-refractivity contribution in [1.29, 1.82) is 0 Å². The molecule has 1 aromatic rings. The van der Waals surface area contributed by atoms with E-state index in [0.717, 1.165) is 12.0 Å². The maximum absolute atomic E-state index is 12.6. The molecule has 0 saturated heterocycles. The zero-order chi connectivity index (χ0) is 15.8. The lowest BCUT2D eigenvalue weighted by Gasteiger charge is -2.28. The minimum atomic E-state index is -0.899. The Morgan fingerprint density at radius 1 is 1.38 bits per heavy atom. The van der Waals surface area contributed by atoms with Crippen LogP contribution in [0.15, 0.2) is 24.3 Å². The van der Waals surface area contributed by atoms with Gasteiger partial charge in [0.1, 0.15) is 0 Å². The molecule has 0 aromatic heterocycles. The quantitative estimate of drug-likeness (QED) is 0.800. The van der Waals surface area contributed by atoms with Crippen LogP contribution in [0.25, 0.3) is 0 Å². The Morgan fingerprint density at radius 2 is 2.10 bits per heavy atom. The molecule has 5 nitrogen and oxygen atoms in total. The molecule has 0 spiro atoms. The first-order valence-corrected chi connectivity index (χ1v) is 7.10. The highest BCUT2D eigenvalue weighted by Crippen LogP contribution is 2.14. The molecule has 0 unspecified atom stereocenters. The monoisotopic (exact) mass is 293 g/mol. The third-order valence-corrected chi connectivity index (χ3v) is 3.44. The summed E-state index contributed by atoms with van der Waals surface area (Å²) < 4.78 is 5.07. The molecule has 5 heteroatoms. The van der Waals surface area contributed by atoms with Crippen LogP contribution in [0.1, 0.15) is 42.6 Å². The lowest BCUT2D eigenvalue weighted by Crippen LogP contribution is -2.39. The van der Waals surface area contributed by atoms with Crippen molar-refractivity contribution in [1.82, 2.24) is 4.90 Å². The van der Waals surface area contributed by atoms with E-state index in [2.05, 4.69) is 0 Å². The first-order valence-electron chi connectivity index (χ1n) is 7.10. The smallest absolute Gasteiger partial charge is 0.305 e. The van der Waals surface area contributed by atoms with Crippen molar-refractivity contribution in [3.05, 3.63) is 35.4 Å². The second-order valence-corrected chi connectivity index (χ2v) is 5.03. The van der Waals surface area contributed by atoms with Gasteiger partial charge < -0.3 is 14.7 Å². The summed E-state index contributed by atoms with van der Waals surface area (Å²) in [5, 5.41) is 8.83. The highest BCUT2D eigenvalue weighted by atomic mass is 16.5.